The fourth-order valence-corrected chi connectivity index (χ4v) is 2.01. The van der Waals surface area contributed by atoms with Crippen LogP contribution in [0.25, 0.3) is 0 Å². The Balaban J connectivity index is 0.000000500. The molecule has 3 aliphatic heterocycles. The summed E-state index contributed by atoms with van der Waals surface area (Å²) in [4.78, 5) is 2.48. The molecule has 0 saturated carbocycles. The Bertz CT molecular complexity index is 110. The number of halogens is 1. The summed E-state index contributed by atoms with van der Waals surface area (Å²) in [6.07, 6.45) is 2.70. The molecule has 3 rings (SSSR count). The van der Waals surface area contributed by atoms with E-state index in [1.54, 1.807) is 0 Å². The van der Waals surface area contributed by atoms with E-state index in [9.17, 15) is 0 Å². The van der Waals surface area contributed by atoms with Crippen molar-refractivity contribution in [2.75, 3.05) is 19.6 Å². The minimum absolute atomic E-state index is 0. The molecule has 0 aromatic rings. The second-order valence-corrected chi connectivity index (χ2v) is 3.30. The molecule has 2 N–H and O–H groups in total. The van der Waals surface area contributed by atoms with E-state index < -0.39 is 0 Å². The number of nitrogens with two attached hydrogens (primary N) is 1. The van der Waals surface area contributed by atoms with Gasteiger partial charge in [0.15, 0.2) is 0 Å². The second-order valence-electron chi connectivity index (χ2n) is 3.30. The number of fused-ring (bicyclic) bond motifs is 3. The molecule has 0 aliphatic carbocycles. The van der Waals surface area contributed by atoms with Crippen molar-refractivity contribution in [2.24, 2.45) is 11.7 Å². The van der Waals surface area contributed by atoms with Crippen molar-refractivity contribution < 1.29 is 12.4 Å². The molecule has 0 amide bonds. The average molecular weight is 162 g/mol. The summed E-state index contributed by atoms with van der Waals surface area (Å²) in [5.41, 5.74) is 5.88. The Morgan fingerprint density at radius 1 is 1.20 bits per heavy atom. The molecule has 3 aliphatic rings. The minimum Gasteiger partial charge on any atom is -1.00 e. The van der Waals surface area contributed by atoms with Gasteiger partial charge in [0.25, 0.3) is 0 Å². The third-order valence-electron chi connectivity index (χ3n) is 2.71. The first-order chi connectivity index (χ1) is 4.36. The quantitative estimate of drug-likeness (QED) is 0.412. The molecular weight excluding hydrogens is 148 g/mol. The maximum atomic E-state index is 5.88. The van der Waals surface area contributed by atoms with Crippen LogP contribution in [-0.2, 0) is 0 Å². The van der Waals surface area contributed by atoms with Crippen molar-refractivity contribution in [3.63, 3.8) is 0 Å². The summed E-state index contributed by atoms with van der Waals surface area (Å²) in [5, 5.41) is 0. The fraction of sp³-hybridized carbons (Fsp3) is 1.00. The predicted molar refractivity (Wildman–Crippen MR) is 37.1 cm³/mol. The van der Waals surface area contributed by atoms with Crippen molar-refractivity contribution in [3.05, 3.63) is 0 Å². The minimum atomic E-state index is 0. The van der Waals surface area contributed by atoms with E-state index in [0.717, 1.165) is 12.5 Å². The first-order valence-electron chi connectivity index (χ1n) is 3.84. The molecule has 2 nitrogen and oxygen atoms in total. The zero-order chi connectivity index (χ0) is 6.27. The van der Waals surface area contributed by atoms with E-state index >= 15 is 0 Å². The summed E-state index contributed by atoms with van der Waals surface area (Å²) in [6.45, 7) is 3.77. The molecule has 0 radical (unpaired) electrons. The highest BCUT2D eigenvalue weighted by Gasteiger charge is 2.31. The topological polar surface area (TPSA) is 29.3 Å². The number of rotatable bonds is 0. The Labute approximate surface area is 68.2 Å². The maximum absolute atomic E-state index is 5.88. The molecule has 0 unspecified atom stereocenters. The summed E-state index contributed by atoms with van der Waals surface area (Å²) in [5.74, 6) is 0.856. The van der Waals surface area contributed by atoms with Crippen molar-refractivity contribution in [1.82, 2.24) is 4.90 Å². The monoisotopic (exact) mass is 161 g/mol. The van der Waals surface area contributed by atoms with E-state index in [1.807, 2.05) is 0 Å². The van der Waals surface area contributed by atoms with Crippen LogP contribution in [0.15, 0.2) is 0 Å². The van der Waals surface area contributed by atoms with Crippen LogP contribution in [0.3, 0.4) is 0 Å². The normalized spacial score (nSPS) is 44.7. The van der Waals surface area contributed by atoms with Gasteiger partial charge in [-0.1, -0.05) is 0 Å². The highest BCUT2D eigenvalue weighted by molar-refractivity contribution is 4.88. The molecule has 2 bridgehead atoms. The standard InChI is InChI=1S/C7H14N2.ClH/c8-7-5-9-3-1-6(7)2-4-9;/h6-7H,1-5,8H2;1H/p-1/t7-;/m0./s1. The highest BCUT2D eigenvalue weighted by Crippen LogP contribution is 2.25. The molecule has 60 valence electrons. The molecule has 3 heterocycles. The van der Waals surface area contributed by atoms with Crippen LogP contribution in [-0.4, -0.2) is 30.6 Å². The highest BCUT2D eigenvalue weighted by atomic mass is 35.5. The van der Waals surface area contributed by atoms with Gasteiger partial charge in [0.1, 0.15) is 0 Å². The van der Waals surface area contributed by atoms with E-state index in [0.29, 0.717) is 6.04 Å². The van der Waals surface area contributed by atoms with Crippen molar-refractivity contribution in [3.8, 4) is 0 Å². The summed E-state index contributed by atoms with van der Waals surface area (Å²) >= 11 is 0. The molecule has 0 spiro atoms. The van der Waals surface area contributed by atoms with Gasteiger partial charge in [-0.2, -0.15) is 0 Å². The van der Waals surface area contributed by atoms with Gasteiger partial charge in [-0.05, 0) is 31.8 Å². The van der Waals surface area contributed by atoms with Crippen LogP contribution in [0.4, 0.5) is 0 Å². The van der Waals surface area contributed by atoms with Gasteiger partial charge in [-0.15, -0.1) is 0 Å². The Morgan fingerprint density at radius 3 is 2.00 bits per heavy atom. The van der Waals surface area contributed by atoms with Gasteiger partial charge in [-0.3, -0.25) is 0 Å². The number of hydrogen-bond donors (Lipinski definition) is 1. The molecule has 10 heavy (non-hydrogen) atoms. The van der Waals surface area contributed by atoms with Crippen molar-refractivity contribution >= 4 is 0 Å². The van der Waals surface area contributed by atoms with E-state index in [1.165, 1.54) is 25.9 Å². The lowest BCUT2D eigenvalue weighted by Gasteiger charge is -2.43. The van der Waals surface area contributed by atoms with E-state index in [-0.39, 0.29) is 12.4 Å². The maximum Gasteiger partial charge on any atom is 0.0197 e. The van der Waals surface area contributed by atoms with Crippen LogP contribution in [0.5, 0.6) is 0 Å². The molecular formula is C7H14ClN2-. The van der Waals surface area contributed by atoms with Gasteiger partial charge in [0, 0.05) is 12.6 Å². The summed E-state index contributed by atoms with van der Waals surface area (Å²) in [6, 6.07) is 0.493. The first-order valence-corrected chi connectivity index (χ1v) is 3.84. The average Bonchev–Trinajstić information content (AvgIpc) is 1.90. The lowest BCUT2D eigenvalue weighted by Crippen LogP contribution is -3.00. The molecule has 3 saturated heterocycles. The van der Waals surface area contributed by atoms with Crippen LogP contribution >= 0.6 is 0 Å². The molecule has 0 aromatic heterocycles. The van der Waals surface area contributed by atoms with Gasteiger partial charge in [0.05, 0.1) is 0 Å². The van der Waals surface area contributed by atoms with Gasteiger partial charge in [0.2, 0.25) is 0 Å². The number of nitrogens with zero attached hydrogens (tertiary/aromatic N) is 1. The molecule has 1 atom stereocenters. The van der Waals surface area contributed by atoms with Crippen LogP contribution in [0.1, 0.15) is 12.8 Å². The smallest absolute Gasteiger partial charge is 0.0197 e. The molecule has 0 aromatic carbocycles. The van der Waals surface area contributed by atoms with Gasteiger partial charge in [-0.25, -0.2) is 0 Å². The zero-order valence-corrected chi connectivity index (χ0v) is 6.85. The summed E-state index contributed by atoms with van der Waals surface area (Å²) < 4.78 is 0. The number of hydrogen-bond acceptors (Lipinski definition) is 2. The predicted octanol–water partition coefficient (Wildman–Crippen LogP) is -2.96. The fourth-order valence-electron chi connectivity index (χ4n) is 2.01. The van der Waals surface area contributed by atoms with Crippen LogP contribution in [0.2, 0.25) is 0 Å². The Hall–Kier alpha value is 0.210. The van der Waals surface area contributed by atoms with Crippen molar-refractivity contribution in [1.29, 1.82) is 0 Å². The first kappa shape index (κ1) is 8.31. The third-order valence-corrected chi connectivity index (χ3v) is 2.71. The van der Waals surface area contributed by atoms with Crippen LogP contribution in [0, 0.1) is 5.92 Å². The zero-order valence-electron chi connectivity index (χ0n) is 6.09. The van der Waals surface area contributed by atoms with E-state index in [4.69, 9.17) is 5.73 Å². The van der Waals surface area contributed by atoms with Gasteiger partial charge < -0.3 is 23.0 Å². The third kappa shape index (κ3) is 1.29. The van der Waals surface area contributed by atoms with E-state index in [2.05, 4.69) is 4.90 Å². The van der Waals surface area contributed by atoms with Gasteiger partial charge >= 0.3 is 0 Å². The lowest BCUT2D eigenvalue weighted by molar-refractivity contribution is -0.00000202. The largest absolute Gasteiger partial charge is 1.00 e. The lowest BCUT2D eigenvalue weighted by atomic mass is 9.85. The summed E-state index contributed by atoms with van der Waals surface area (Å²) in [7, 11) is 0. The van der Waals surface area contributed by atoms with Crippen LogP contribution < -0.4 is 18.1 Å². The number of piperidine rings is 3. The Morgan fingerprint density at radius 2 is 1.80 bits per heavy atom. The molecule has 3 heteroatoms. The SMILES string of the molecule is N[C@H]1CN2CCC1CC2.[Cl-]. The molecule has 3 fully saturated rings. The van der Waals surface area contributed by atoms with Crippen molar-refractivity contribution in [2.45, 2.75) is 18.9 Å². The second kappa shape index (κ2) is 3.07. The Kier molecular flexibility index (Phi) is 2.55.